The summed E-state index contributed by atoms with van der Waals surface area (Å²) in [6, 6.07) is 7.05. The number of hydrogen-bond donors (Lipinski definition) is 1. The van der Waals surface area contributed by atoms with Gasteiger partial charge in [0, 0.05) is 30.9 Å². The Labute approximate surface area is 115 Å². The fourth-order valence-corrected chi connectivity index (χ4v) is 3.46. The van der Waals surface area contributed by atoms with E-state index in [4.69, 9.17) is 0 Å². The van der Waals surface area contributed by atoms with Crippen LogP contribution < -0.4 is 10.2 Å². The molecular formula is C16H22N2O. The molecule has 0 unspecified atom stereocenters. The molecule has 2 aliphatic rings. The number of nitrogens with zero attached hydrogens (tertiary/aromatic N) is 1. The van der Waals surface area contributed by atoms with Gasteiger partial charge in [-0.3, -0.25) is 4.79 Å². The molecule has 1 heterocycles. The smallest absolute Gasteiger partial charge is 0.221 e. The predicted molar refractivity (Wildman–Crippen MR) is 78.7 cm³/mol. The second kappa shape index (κ2) is 5.24. The minimum absolute atomic E-state index is 0.00200. The highest BCUT2D eigenvalue weighted by molar-refractivity contribution is 5.89. The van der Waals surface area contributed by atoms with E-state index in [0.29, 0.717) is 6.04 Å². The summed E-state index contributed by atoms with van der Waals surface area (Å²) < 4.78 is 0. The number of fused-ring (bicyclic) bond motifs is 1. The molecule has 3 rings (SSSR count). The number of anilines is 2. The summed E-state index contributed by atoms with van der Waals surface area (Å²) in [6.45, 7) is 2.70. The monoisotopic (exact) mass is 258 g/mol. The summed E-state index contributed by atoms with van der Waals surface area (Å²) in [6.07, 6.45) is 7.91. The van der Waals surface area contributed by atoms with Crippen molar-refractivity contribution in [1.29, 1.82) is 0 Å². The number of hydrogen-bond acceptors (Lipinski definition) is 2. The average Bonchev–Trinajstić information content (AvgIpc) is 2.82. The Morgan fingerprint density at radius 1 is 1.26 bits per heavy atom. The lowest BCUT2D eigenvalue weighted by molar-refractivity contribution is -0.114. The number of nitrogens with one attached hydrogen (secondary N) is 1. The van der Waals surface area contributed by atoms with Gasteiger partial charge in [-0.05, 0) is 37.0 Å². The van der Waals surface area contributed by atoms with Gasteiger partial charge in [-0.15, -0.1) is 0 Å². The zero-order valence-corrected chi connectivity index (χ0v) is 11.6. The first-order chi connectivity index (χ1) is 9.24. The second-order valence-electron chi connectivity index (χ2n) is 5.76. The molecule has 0 saturated heterocycles. The van der Waals surface area contributed by atoms with E-state index in [-0.39, 0.29) is 5.91 Å². The summed E-state index contributed by atoms with van der Waals surface area (Å²) in [5.41, 5.74) is 3.70. The number of rotatable bonds is 2. The molecule has 1 aliphatic carbocycles. The molecule has 1 saturated carbocycles. The third kappa shape index (κ3) is 2.60. The lowest BCUT2D eigenvalue weighted by atomic mass is 9.94. The molecule has 3 nitrogen and oxygen atoms in total. The van der Waals surface area contributed by atoms with Crippen molar-refractivity contribution in [3.05, 3.63) is 23.8 Å². The van der Waals surface area contributed by atoms with E-state index in [2.05, 4.69) is 22.3 Å². The van der Waals surface area contributed by atoms with Crippen LogP contribution in [0.3, 0.4) is 0 Å². The predicted octanol–water partition coefficient (Wildman–Crippen LogP) is 3.34. The zero-order chi connectivity index (χ0) is 13.2. The first kappa shape index (κ1) is 12.5. The van der Waals surface area contributed by atoms with Crippen LogP contribution in [0, 0.1) is 0 Å². The van der Waals surface area contributed by atoms with E-state index >= 15 is 0 Å². The number of amides is 1. The minimum Gasteiger partial charge on any atom is -0.368 e. The molecule has 19 heavy (non-hydrogen) atoms. The fourth-order valence-electron chi connectivity index (χ4n) is 3.46. The van der Waals surface area contributed by atoms with Crippen LogP contribution in [0.15, 0.2) is 18.2 Å². The summed E-state index contributed by atoms with van der Waals surface area (Å²) in [7, 11) is 0. The van der Waals surface area contributed by atoms with Crippen LogP contribution in [-0.4, -0.2) is 18.5 Å². The van der Waals surface area contributed by atoms with Crippen LogP contribution in [0.5, 0.6) is 0 Å². The zero-order valence-electron chi connectivity index (χ0n) is 11.6. The topological polar surface area (TPSA) is 32.3 Å². The summed E-state index contributed by atoms with van der Waals surface area (Å²) in [4.78, 5) is 13.7. The Balaban J connectivity index is 1.83. The second-order valence-corrected chi connectivity index (χ2v) is 5.76. The number of carbonyl (C=O) groups is 1. The highest BCUT2D eigenvalue weighted by atomic mass is 16.1. The Kier molecular flexibility index (Phi) is 3.45. The Hall–Kier alpha value is -1.51. The molecule has 1 aromatic carbocycles. The van der Waals surface area contributed by atoms with Gasteiger partial charge >= 0.3 is 0 Å². The van der Waals surface area contributed by atoms with Gasteiger partial charge in [0.05, 0.1) is 0 Å². The first-order valence-electron chi connectivity index (χ1n) is 7.41. The maximum atomic E-state index is 11.2. The van der Waals surface area contributed by atoms with Crippen LogP contribution in [0.2, 0.25) is 0 Å². The molecule has 0 bridgehead atoms. The Bertz CT molecular complexity index is 478. The van der Waals surface area contributed by atoms with Crippen molar-refractivity contribution in [2.24, 2.45) is 0 Å². The van der Waals surface area contributed by atoms with E-state index < -0.39 is 0 Å². The maximum Gasteiger partial charge on any atom is 0.221 e. The van der Waals surface area contributed by atoms with Gasteiger partial charge < -0.3 is 10.2 Å². The molecule has 3 heteroatoms. The molecule has 1 N–H and O–H groups in total. The largest absolute Gasteiger partial charge is 0.368 e. The Morgan fingerprint density at radius 3 is 2.79 bits per heavy atom. The normalized spacial score (nSPS) is 19.3. The van der Waals surface area contributed by atoms with E-state index in [0.717, 1.165) is 18.7 Å². The molecule has 0 aromatic heterocycles. The number of benzene rings is 1. The molecule has 1 fully saturated rings. The first-order valence-corrected chi connectivity index (χ1v) is 7.41. The molecule has 1 amide bonds. The summed E-state index contributed by atoms with van der Waals surface area (Å²) in [5.74, 6) is 0.00200. The molecule has 0 radical (unpaired) electrons. The maximum absolute atomic E-state index is 11.2. The molecule has 1 aliphatic heterocycles. The van der Waals surface area contributed by atoms with E-state index in [1.54, 1.807) is 6.92 Å². The fraction of sp³-hybridized carbons (Fsp3) is 0.562. The highest BCUT2D eigenvalue weighted by Gasteiger charge is 2.27. The summed E-state index contributed by atoms with van der Waals surface area (Å²) in [5, 5.41) is 2.89. The average molecular weight is 258 g/mol. The van der Waals surface area contributed by atoms with Crippen molar-refractivity contribution < 1.29 is 4.79 Å². The van der Waals surface area contributed by atoms with Crippen molar-refractivity contribution in [2.45, 2.75) is 51.5 Å². The quantitative estimate of drug-likeness (QED) is 0.882. The van der Waals surface area contributed by atoms with Gasteiger partial charge in [-0.25, -0.2) is 0 Å². The third-order valence-electron chi connectivity index (χ3n) is 4.35. The van der Waals surface area contributed by atoms with Gasteiger partial charge in [-0.2, -0.15) is 0 Å². The van der Waals surface area contributed by atoms with Crippen LogP contribution in [0.4, 0.5) is 11.4 Å². The van der Waals surface area contributed by atoms with Crippen molar-refractivity contribution in [2.75, 3.05) is 16.8 Å². The van der Waals surface area contributed by atoms with Crippen molar-refractivity contribution >= 4 is 17.3 Å². The Morgan fingerprint density at radius 2 is 2.05 bits per heavy atom. The van der Waals surface area contributed by atoms with E-state index in [1.807, 2.05) is 6.07 Å². The summed E-state index contributed by atoms with van der Waals surface area (Å²) >= 11 is 0. The highest BCUT2D eigenvalue weighted by Crippen LogP contribution is 2.36. The number of carbonyl (C=O) groups excluding carboxylic acids is 1. The van der Waals surface area contributed by atoms with Gasteiger partial charge in [0.15, 0.2) is 0 Å². The van der Waals surface area contributed by atoms with Crippen LogP contribution in [-0.2, 0) is 11.2 Å². The molecule has 0 spiro atoms. The van der Waals surface area contributed by atoms with Crippen LogP contribution in [0.1, 0.15) is 44.6 Å². The van der Waals surface area contributed by atoms with E-state index in [1.165, 1.54) is 43.4 Å². The molecule has 1 aromatic rings. The van der Waals surface area contributed by atoms with Gasteiger partial charge in [0.25, 0.3) is 0 Å². The molecule has 102 valence electrons. The molecule has 0 atom stereocenters. The van der Waals surface area contributed by atoms with Gasteiger partial charge in [-0.1, -0.05) is 25.3 Å². The van der Waals surface area contributed by atoms with Crippen LogP contribution in [0.25, 0.3) is 0 Å². The van der Waals surface area contributed by atoms with Gasteiger partial charge in [0.1, 0.15) is 0 Å². The standard InChI is InChI=1S/C16H22N2O/c1-12(19)17-14-8-7-13-9-10-18(16(13)11-14)15-5-3-2-4-6-15/h7-8,11,15H,2-6,9-10H2,1H3,(H,17,19). The lowest BCUT2D eigenvalue weighted by Crippen LogP contribution is -2.35. The SMILES string of the molecule is CC(=O)Nc1ccc2c(c1)N(C1CCCCC1)CC2. The van der Waals surface area contributed by atoms with Crippen molar-refractivity contribution in [1.82, 2.24) is 0 Å². The molecular weight excluding hydrogens is 236 g/mol. The minimum atomic E-state index is 0.00200. The van der Waals surface area contributed by atoms with Gasteiger partial charge in [0.2, 0.25) is 5.91 Å². The van der Waals surface area contributed by atoms with Crippen molar-refractivity contribution in [3.8, 4) is 0 Å². The third-order valence-corrected chi connectivity index (χ3v) is 4.35. The van der Waals surface area contributed by atoms with E-state index in [9.17, 15) is 4.79 Å². The van der Waals surface area contributed by atoms with Crippen LogP contribution >= 0.6 is 0 Å². The lowest BCUT2D eigenvalue weighted by Gasteiger charge is -2.33. The van der Waals surface area contributed by atoms with Crippen molar-refractivity contribution in [3.63, 3.8) is 0 Å².